The van der Waals surface area contributed by atoms with Gasteiger partial charge in [-0.2, -0.15) is 0 Å². The van der Waals surface area contributed by atoms with Crippen LogP contribution in [0.3, 0.4) is 0 Å². The van der Waals surface area contributed by atoms with Crippen molar-refractivity contribution >= 4 is 11.3 Å². The molecule has 2 nitrogen and oxygen atoms in total. The highest BCUT2D eigenvalue weighted by molar-refractivity contribution is 5.86. The normalized spacial score (nSPS) is 22.0. The van der Waals surface area contributed by atoms with E-state index in [0.717, 1.165) is 24.4 Å². The Hall–Kier alpha value is -3.10. The Labute approximate surface area is 185 Å². The van der Waals surface area contributed by atoms with E-state index in [0.29, 0.717) is 0 Å². The fourth-order valence-corrected chi connectivity index (χ4v) is 4.98. The molecule has 2 heterocycles. The van der Waals surface area contributed by atoms with E-state index < -0.39 is 5.72 Å². The van der Waals surface area contributed by atoms with Crippen LogP contribution in [-0.4, -0.2) is 18.0 Å². The Bertz CT molecular complexity index is 1080. The molecule has 1 fully saturated rings. The molecule has 1 atom stereocenters. The van der Waals surface area contributed by atoms with Crippen LogP contribution in [0.4, 0.5) is 0 Å². The average Bonchev–Trinajstić information content (AvgIpc) is 2.86. The van der Waals surface area contributed by atoms with E-state index >= 15 is 0 Å². The molecule has 2 aliphatic rings. The lowest BCUT2D eigenvalue weighted by Crippen LogP contribution is -2.52. The first-order chi connectivity index (χ1) is 15.3. The first-order valence-electron chi connectivity index (χ1n) is 11.3. The van der Waals surface area contributed by atoms with E-state index in [9.17, 15) is 0 Å². The molecular formula is C29H29NO. The van der Waals surface area contributed by atoms with Gasteiger partial charge in [-0.25, -0.2) is 0 Å². The van der Waals surface area contributed by atoms with Crippen molar-refractivity contribution in [1.29, 1.82) is 0 Å². The molecule has 2 heteroatoms. The molecular weight excluding hydrogens is 378 g/mol. The predicted molar refractivity (Wildman–Crippen MR) is 128 cm³/mol. The third-order valence-electron chi connectivity index (χ3n) is 6.55. The molecule has 1 unspecified atom stereocenters. The van der Waals surface area contributed by atoms with Crippen molar-refractivity contribution in [2.24, 2.45) is 0 Å². The minimum Gasteiger partial charge on any atom is -0.464 e. The number of benzene rings is 3. The van der Waals surface area contributed by atoms with Crippen molar-refractivity contribution in [3.05, 3.63) is 119 Å². The SMILES string of the molecule is CC1=C(c2ccccc2)C=C(c2ccccc2)OC1(c1ccccc1)N1CCCCC1. The van der Waals surface area contributed by atoms with Crippen LogP contribution < -0.4 is 0 Å². The van der Waals surface area contributed by atoms with Gasteiger partial charge in [0.05, 0.1) is 0 Å². The highest BCUT2D eigenvalue weighted by atomic mass is 16.5. The Morgan fingerprint density at radius 3 is 1.84 bits per heavy atom. The summed E-state index contributed by atoms with van der Waals surface area (Å²) in [5.74, 6) is 0.930. The molecule has 156 valence electrons. The number of hydrogen-bond donors (Lipinski definition) is 0. The summed E-state index contributed by atoms with van der Waals surface area (Å²) in [5, 5.41) is 0. The van der Waals surface area contributed by atoms with Crippen LogP contribution in [0.2, 0.25) is 0 Å². The fourth-order valence-electron chi connectivity index (χ4n) is 4.98. The van der Waals surface area contributed by atoms with Crippen molar-refractivity contribution in [2.45, 2.75) is 31.9 Å². The first-order valence-corrected chi connectivity index (χ1v) is 11.3. The second-order valence-corrected chi connectivity index (χ2v) is 8.44. The lowest BCUT2D eigenvalue weighted by atomic mass is 9.83. The summed E-state index contributed by atoms with van der Waals surface area (Å²) in [6.45, 7) is 4.33. The predicted octanol–water partition coefficient (Wildman–Crippen LogP) is 6.87. The summed E-state index contributed by atoms with van der Waals surface area (Å²) in [7, 11) is 0. The zero-order chi connectivity index (χ0) is 21.1. The van der Waals surface area contributed by atoms with E-state index in [1.165, 1.54) is 41.5 Å². The lowest BCUT2D eigenvalue weighted by molar-refractivity contribution is -0.0915. The van der Waals surface area contributed by atoms with Crippen molar-refractivity contribution in [2.75, 3.05) is 13.1 Å². The molecule has 3 aromatic carbocycles. The molecule has 3 aromatic rings. The van der Waals surface area contributed by atoms with Gasteiger partial charge in [0, 0.05) is 24.2 Å². The number of nitrogens with zero attached hydrogens (tertiary/aromatic N) is 1. The van der Waals surface area contributed by atoms with Gasteiger partial charge in [-0.3, -0.25) is 4.90 Å². The second-order valence-electron chi connectivity index (χ2n) is 8.44. The summed E-state index contributed by atoms with van der Waals surface area (Å²) in [6, 6.07) is 32.0. The molecule has 1 saturated heterocycles. The number of ether oxygens (including phenoxy) is 1. The summed E-state index contributed by atoms with van der Waals surface area (Å²) in [5.41, 5.74) is 5.44. The van der Waals surface area contributed by atoms with Gasteiger partial charge in [-0.05, 0) is 42.6 Å². The minimum absolute atomic E-state index is 0.604. The zero-order valence-electron chi connectivity index (χ0n) is 18.1. The molecule has 31 heavy (non-hydrogen) atoms. The van der Waals surface area contributed by atoms with Crippen LogP contribution in [0.1, 0.15) is 42.9 Å². The van der Waals surface area contributed by atoms with E-state index in [4.69, 9.17) is 4.74 Å². The Morgan fingerprint density at radius 2 is 1.23 bits per heavy atom. The van der Waals surface area contributed by atoms with E-state index in [1.807, 2.05) is 0 Å². The molecule has 5 rings (SSSR count). The van der Waals surface area contributed by atoms with Crippen molar-refractivity contribution in [3.8, 4) is 0 Å². The Balaban J connectivity index is 1.76. The van der Waals surface area contributed by atoms with Crippen LogP contribution in [0.5, 0.6) is 0 Å². The van der Waals surface area contributed by atoms with Gasteiger partial charge in [0.15, 0.2) is 0 Å². The summed E-state index contributed by atoms with van der Waals surface area (Å²) < 4.78 is 7.08. The molecule has 0 saturated carbocycles. The third kappa shape index (κ3) is 3.62. The number of rotatable bonds is 4. The van der Waals surface area contributed by atoms with E-state index in [1.54, 1.807) is 0 Å². The summed E-state index contributed by atoms with van der Waals surface area (Å²) in [4.78, 5) is 2.56. The molecule has 0 N–H and O–H groups in total. The number of piperidine rings is 1. The molecule has 2 aliphatic heterocycles. The van der Waals surface area contributed by atoms with Gasteiger partial charge in [0.2, 0.25) is 5.72 Å². The molecule has 0 aromatic heterocycles. The maximum Gasteiger partial charge on any atom is 0.212 e. The van der Waals surface area contributed by atoms with E-state index in [2.05, 4.69) is 109 Å². The molecule has 0 radical (unpaired) electrons. The lowest BCUT2D eigenvalue weighted by Gasteiger charge is -2.49. The minimum atomic E-state index is -0.604. The quantitative estimate of drug-likeness (QED) is 0.468. The van der Waals surface area contributed by atoms with Crippen molar-refractivity contribution in [3.63, 3.8) is 0 Å². The fraction of sp³-hybridized carbons (Fsp3) is 0.241. The van der Waals surface area contributed by atoms with Crippen molar-refractivity contribution < 1.29 is 4.74 Å². The van der Waals surface area contributed by atoms with Gasteiger partial charge in [0.1, 0.15) is 5.76 Å². The van der Waals surface area contributed by atoms with Crippen LogP contribution in [0, 0.1) is 0 Å². The zero-order valence-corrected chi connectivity index (χ0v) is 18.1. The Morgan fingerprint density at radius 1 is 0.677 bits per heavy atom. The van der Waals surface area contributed by atoms with Gasteiger partial charge >= 0.3 is 0 Å². The maximum absolute atomic E-state index is 7.08. The highest BCUT2D eigenvalue weighted by Gasteiger charge is 2.46. The highest BCUT2D eigenvalue weighted by Crippen LogP contribution is 2.48. The number of likely N-dealkylation sites (tertiary alicyclic amines) is 1. The van der Waals surface area contributed by atoms with E-state index in [-0.39, 0.29) is 0 Å². The van der Waals surface area contributed by atoms with Gasteiger partial charge < -0.3 is 4.74 Å². The molecule has 0 amide bonds. The van der Waals surface area contributed by atoms with Gasteiger partial charge in [-0.15, -0.1) is 0 Å². The first kappa shape index (κ1) is 19.8. The van der Waals surface area contributed by atoms with Crippen LogP contribution in [-0.2, 0) is 10.5 Å². The molecule has 0 aliphatic carbocycles. The maximum atomic E-state index is 7.08. The van der Waals surface area contributed by atoms with Gasteiger partial charge in [-0.1, -0.05) is 97.4 Å². The van der Waals surface area contributed by atoms with Gasteiger partial charge in [0.25, 0.3) is 0 Å². The average molecular weight is 408 g/mol. The molecule has 0 bridgehead atoms. The van der Waals surface area contributed by atoms with Crippen molar-refractivity contribution in [1.82, 2.24) is 4.90 Å². The summed E-state index contributed by atoms with van der Waals surface area (Å²) in [6.07, 6.45) is 5.93. The van der Waals surface area contributed by atoms with Crippen LogP contribution in [0.25, 0.3) is 11.3 Å². The largest absolute Gasteiger partial charge is 0.464 e. The standard InChI is InChI=1S/C29H29NO/c1-23-27(24-14-6-2-7-15-24)22-28(25-16-8-3-9-17-25)31-29(23,26-18-10-4-11-19-26)30-20-12-5-13-21-30/h2-4,6-11,14-19,22H,5,12-13,20-21H2,1H3. The molecule has 0 spiro atoms. The topological polar surface area (TPSA) is 12.5 Å². The number of allylic oxidation sites excluding steroid dienone is 2. The monoisotopic (exact) mass is 407 g/mol. The second kappa shape index (κ2) is 8.56. The third-order valence-corrected chi connectivity index (χ3v) is 6.55. The summed E-state index contributed by atoms with van der Waals surface area (Å²) >= 11 is 0. The smallest absolute Gasteiger partial charge is 0.212 e. The van der Waals surface area contributed by atoms with Crippen LogP contribution in [0.15, 0.2) is 103 Å². The van der Waals surface area contributed by atoms with Crippen LogP contribution >= 0.6 is 0 Å². The Kier molecular flexibility index (Phi) is 5.48. The number of hydrogen-bond acceptors (Lipinski definition) is 2.